The second-order valence-corrected chi connectivity index (χ2v) is 23.2. The summed E-state index contributed by atoms with van der Waals surface area (Å²) in [5.74, 6) is -1.20. The Hall–Kier alpha value is -3.16. The summed E-state index contributed by atoms with van der Waals surface area (Å²) < 4.78 is 17.7. The number of amides is 1. The Labute approximate surface area is 502 Å². The number of ether oxygens (including phenoxy) is 3. The van der Waals surface area contributed by atoms with Crippen molar-refractivity contribution in [2.24, 2.45) is 0 Å². The highest BCUT2D eigenvalue weighted by atomic mass is 16.7. The lowest BCUT2D eigenvalue weighted by Crippen LogP contribution is -2.61. The van der Waals surface area contributed by atoms with Gasteiger partial charge in [0, 0.05) is 6.42 Å². The molecular formula is C71H125NO10. The fourth-order valence-electron chi connectivity index (χ4n) is 10.2. The number of allylic oxidation sites excluding steroid dienone is 13. The van der Waals surface area contributed by atoms with Crippen molar-refractivity contribution < 1.29 is 49.3 Å². The molecule has 1 aliphatic rings. The highest BCUT2D eigenvalue weighted by Gasteiger charge is 2.47. The predicted molar refractivity (Wildman–Crippen MR) is 342 cm³/mol. The number of carbonyl (C=O) groups excluding carboxylic acids is 2. The van der Waals surface area contributed by atoms with Crippen LogP contribution in [0, 0.1) is 0 Å². The number of nitrogens with one attached hydrogen (secondary N) is 1. The highest BCUT2D eigenvalue weighted by molar-refractivity contribution is 5.80. The van der Waals surface area contributed by atoms with Gasteiger partial charge in [0.05, 0.1) is 25.4 Å². The molecule has 82 heavy (non-hydrogen) atoms. The fourth-order valence-corrected chi connectivity index (χ4v) is 10.2. The van der Waals surface area contributed by atoms with E-state index in [0.29, 0.717) is 12.8 Å². The molecule has 0 radical (unpaired) electrons. The van der Waals surface area contributed by atoms with Gasteiger partial charge < -0.3 is 45.1 Å². The van der Waals surface area contributed by atoms with Crippen molar-refractivity contribution in [1.82, 2.24) is 5.32 Å². The lowest BCUT2D eigenvalue weighted by Gasteiger charge is -2.41. The Morgan fingerprint density at radius 3 is 1.34 bits per heavy atom. The molecule has 0 bridgehead atoms. The summed E-state index contributed by atoms with van der Waals surface area (Å²) in [7, 11) is 0. The van der Waals surface area contributed by atoms with Crippen molar-refractivity contribution in [3.05, 3.63) is 85.1 Å². The molecule has 8 atom stereocenters. The standard InChI is InChI=1S/C71H125NO10/c1-4-7-10-13-16-19-22-25-26-27-28-29-30-31-32-33-34-35-36-37-38-41-44-47-50-53-56-59-66(76)82-69-68(78)67(77)65(60-73)81-71(69)80-61-62(63(74)57-54-51-48-45-42-39-23-20-17-14-11-8-5-2)72-70(79)64(75)58-55-52-49-46-43-40-24-21-18-15-12-9-6-3/h9,12,16,18-19,21,25-26,28-29,31-32,54,57,62-65,67-69,71,73-75,77-78H,4-8,10-11,13-15,17,20,22-24,27,30,33-53,55-56,58-61H2,1-3H3,(H,72,79)/b12-9+,19-16-,21-18+,26-25-,29-28-,32-31-,57-54+. The molecule has 8 unspecified atom stereocenters. The van der Waals surface area contributed by atoms with Gasteiger partial charge in [0.2, 0.25) is 5.91 Å². The van der Waals surface area contributed by atoms with Crippen LogP contribution in [0.3, 0.4) is 0 Å². The minimum Gasteiger partial charge on any atom is -0.454 e. The van der Waals surface area contributed by atoms with Crippen molar-refractivity contribution in [1.29, 1.82) is 0 Å². The van der Waals surface area contributed by atoms with Crippen LogP contribution in [0.2, 0.25) is 0 Å². The molecule has 6 N–H and O–H groups in total. The summed E-state index contributed by atoms with van der Waals surface area (Å²) in [6.07, 6.45) is 66.2. The van der Waals surface area contributed by atoms with Gasteiger partial charge >= 0.3 is 5.97 Å². The molecule has 0 aromatic carbocycles. The number of hydrogen-bond donors (Lipinski definition) is 6. The van der Waals surface area contributed by atoms with E-state index in [1.54, 1.807) is 6.08 Å². The van der Waals surface area contributed by atoms with E-state index in [1.807, 2.05) is 6.08 Å². The molecule has 474 valence electrons. The lowest BCUT2D eigenvalue weighted by molar-refractivity contribution is -0.305. The Bertz CT molecular complexity index is 1660. The molecule has 1 amide bonds. The SMILES string of the molecule is CC/C=C/C/C=C/CCCCCCCCC(O)C(=O)NC(COC1OC(CO)C(O)C(O)C1OC(=O)CCCCCCCCCCCCC/C=C\C/C=C\C/C=C\C/C=C\CCCCC)C(O)/C=C/CCCCCCCCCCCCC. The first kappa shape index (κ1) is 76.9. The zero-order chi connectivity index (χ0) is 59.6. The highest BCUT2D eigenvalue weighted by Crippen LogP contribution is 2.26. The molecule has 1 rings (SSSR count). The predicted octanol–water partition coefficient (Wildman–Crippen LogP) is 16.9. The number of hydrogen-bond acceptors (Lipinski definition) is 10. The van der Waals surface area contributed by atoms with E-state index in [4.69, 9.17) is 14.2 Å². The van der Waals surface area contributed by atoms with Crippen molar-refractivity contribution >= 4 is 11.9 Å². The first-order valence-corrected chi connectivity index (χ1v) is 33.9. The monoisotopic (exact) mass is 1150 g/mol. The third-order valence-corrected chi connectivity index (χ3v) is 15.5. The van der Waals surface area contributed by atoms with Crippen LogP contribution in [-0.4, -0.2) is 99.6 Å². The van der Waals surface area contributed by atoms with Gasteiger partial charge in [-0.25, -0.2) is 0 Å². The second kappa shape index (κ2) is 58.2. The van der Waals surface area contributed by atoms with Crippen LogP contribution in [0.4, 0.5) is 0 Å². The van der Waals surface area contributed by atoms with Crippen LogP contribution in [0.1, 0.15) is 290 Å². The maximum Gasteiger partial charge on any atom is 0.306 e. The lowest BCUT2D eigenvalue weighted by atomic mass is 9.99. The van der Waals surface area contributed by atoms with Gasteiger partial charge in [-0.1, -0.05) is 273 Å². The number of esters is 1. The normalized spacial score (nSPS) is 19.1. The van der Waals surface area contributed by atoms with Crippen LogP contribution in [0.25, 0.3) is 0 Å². The van der Waals surface area contributed by atoms with E-state index in [2.05, 4.69) is 99.0 Å². The molecule has 0 aromatic heterocycles. The third kappa shape index (κ3) is 45.2. The van der Waals surface area contributed by atoms with Gasteiger partial charge in [0.25, 0.3) is 0 Å². The van der Waals surface area contributed by atoms with Gasteiger partial charge in [0.15, 0.2) is 12.4 Å². The van der Waals surface area contributed by atoms with Crippen LogP contribution < -0.4 is 5.32 Å². The second-order valence-electron chi connectivity index (χ2n) is 23.2. The number of rotatable bonds is 57. The molecule has 1 saturated heterocycles. The Morgan fingerprint density at radius 1 is 0.488 bits per heavy atom. The summed E-state index contributed by atoms with van der Waals surface area (Å²) in [6.45, 7) is 5.66. The average molecular weight is 1150 g/mol. The van der Waals surface area contributed by atoms with E-state index in [9.17, 15) is 35.1 Å². The molecule has 0 spiro atoms. The van der Waals surface area contributed by atoms with Crippen molar-refractivity contribution in [2.75, 3.05) is 13.2 Å². The van der Waals surface area contributed by atoms with Crippen molar-refractivity contribution in [2.45, 2.75) is 339 Å². The van der Waals surface area contributed by atoms with E-state index >= 15 is 0 Å². The van der Waals surface area contributed by atoms with Gasteiger partial charge in [-0.3, -0.25) is 9.59 Å². The van der Waals surface area contributed by atoms with Gasteiger partial charge in [-0.05, 0) is 96.3 Å². The maximum atomic E-state index is 13.4. The minimum atomic E-state index is -1.62. The topological polar surface area (TPSA) is 175 Å². The van der Waals surface area contributed by atoms with E-state index in [0.717, 1.165) is 116 Å². The summed E-state index contributed by atoms with van der Waals surface area (Å²) >= 11 is 0. The van der Waals surface area contributed by atoms with Crippen molar-refractivity contribution in [3.63, 3.8) is 0 Å². The maximum absolute atomic E-state index is 13.4. The smallest absolute Gasteiger partial charge is 0.306 e. The molecular weight excluding hydrogens is 1030 g/mol. The molecule has 1 fully saturated rings. The first-order valence-electron chi connectivity index (χ1n) is 33.9. The third-order valence-electron chi connectivity index (χ3n) is 15.5. The zero-order valence-electron chi connectivity index (χ0n) is 52.6. The summed E-state index contributed by atoms with van der Waals surface area (Å²) in [5.41, 5.74) is 0. The van der Waals surface area contributed by atoms with E-state index < -0.39 is 67.4 Å². The minimum absolute atomic E-state index is 0.116. The Balaban J connectivity index is 2.57. The number of aliphatic hydroxyl groups excluding tert-OH is 5. The van der Waals surface area contributed by atoms with E-state index in [1.165, 1.54) is 128 Å². The van der Waals surface area contributed by atoms with Gasteiger partial charge in [-0.2, -0.15) is 0 Å². The Morgan fingerprint density at radius 2 is 0.878 bits per heavy atom. The van der Waals surface area contributed by atoms with Gasteiger partial charge in [-0.15, -0.1) is 0 Å². The van der Waals surface area contributed by atoms with Crippen LogP contribution in [0.5, 0.6) is 0 Å². The summed E-state index contributed by atoms with van der Waals surface area (Å²) in [4.78, 5) is 26.6. The zero-order valence-corrected chi connectivity index (χ0v) is 52.6. The fraction of sp³-hybridized carbons (Fsp3) is 0.775. The summed E-state index contributed by atoms with van der Waals surface area (Å²) in [6, 6.07) is -1.03. The van der Waals surface area contributed by atoms with Gasteiger partial charge in [0.1, 0.15) is 24.4 Å². The average Bonchev–Trinajstić information content (AvgIpc) is 3.45. The number of carbonyl (C=O) groups is 2. The number of aliphatic hydroxyl groups is 5. The van der Waals surface area contributed by atoms with E-state index in [-0.39, 0.29) is 19.4 Å². The molecule has 0 saturated carbocycles. The molecule has 0 aliphatic carbocycles. The van der Waals surface area contributed by atoms with Crippen molar-refractivity contribution in [3.8, 4) is 0 Å². The molecule has 0 aromatic rings. The first-order chi connectivity index (χ1) is 40.2. The van der Waals surface area contributed by atoms with Crippen LogP contribution in [-0.2, 0) is 23.8 Å². The number of unbranched alkanes of at least 4 members (excludes halogenated alkanes) is 31. The molecule has 1 heterocycles. The van der Waals surface area contributed by atoms with Crippen LogP contribution >= 0.6 is 0 Å². The quantitative estimate of drug-likeness (QED) is 0.0195. The molecule has 11 heteroatoms. The van der Waals surface area contributed by atoms with Crippen LogP contribution in [0.15, 0.2) is 85.1 Å². The molecule has 11 nitrogen and oxygen atoms in total. The Kier molecular flexibility index (Phi) is 54.6. The molecule has 1 aliphatic heterocycles. The summed E-state index contributed by atoms with van der Waals surface area (Å²) in [5, 5.41) is 57.1. The largest absolute Gasteiger partial charge is 0.454 e.